The zero-order valence-electron chi connectivity index (χ0n) is 7.61. The second kappa shape index (κ2) is 3.77. The van der Waals surface area contributed by atoms with Crippen molar-refractivity contribution >= 4 is 0 Å². The fraction of sp³-hybridized carbons (Fsp3) is 0.364. The van der Waals surface area contributed by atoms with Gasteiger partial charge in [0.25, 0.3) is 0 Å². The maximum Gasteiger partial charge on any atom is 0.249 e. The van der Waals surface area contributed by atoms with Crippen molar-refractivity contribution in [3.63, 3.8) is 0 Å². The highest BCUT2D eigenvalue weighted by molar-refractivity contribution is 5.20. The molecule has 0 N–H and O–H groups in total. The van der Waals surface area contributed by atoms with Crippen molar-refractivity contribution < 1.29 is 9.13 Å². The lowest BCUT2D eigenvalue weighted by Crippen LogP contribution is -1.98. The molecular weight excluding hydrogens is 181 g/mol. The third-order valence-electron chi connectivity index (χ3n) is 2.40. The summed E-state index contributed by atoms with van der Waals surface area (Å²) >= 11 is 0. The standard InChI is InChI=1S/C11H10FNO/c1-13-10-6-11(14-7-10)8-2-4-9(12)5-3-8/h2-5,10-11H,6-7H2/t10-,11+/m0/s1. The van der Waals surface area contributed by atoms with E-state index in [1.807, 2.05) is 0 Å². The first kappa shape index (κ1) is 9.17. The van der Waals surface area contributed by atoms with Gasteiger partial charge in [-0.25, -0.2) is 11.0 Å². The van der Waals surface area contributed by atoms with E-state index in [1.54, 1.807) is 12.1 Å². The Morgan fingerprint density at radius 2 is 2.07 bits per heavy atom. The molecule has 1 saturated heterocycles. The van der Waals surface area contributed by atoms with Crippen molar-refractivity contribution in [2.75, 3.05) is 6.61 Å². The van der Waals surface area contributed by atoms with Crippen LogP contribution in [0.3, 0.4) is 0 Å². The Kier molecular flexibility index (Phi) is 2.47. The van der Waals surface area contributed by atoms with Gasteiger partial charge in [-0.1, -0.05) is 12.1 Å². The molecule has 1 heterocycles. The average Bonchev–Trinajstić information content (AvgIpc) is 2.67. The van der Waals surface area contributed by atoms with Crippen LogP contribution in [0.1, 0.15) is 18.1 Å². The normalized spacial score (nSPS) is 26.0. The summed E-state index contributed by atoms with van der Waals surface area (Å²) < 4.78 is 18.1. The van der Waals surface area contributed by atoms with Gasteiger partial charge in [0, 0.05) is 0 Å². The molecule has 0 bridgehead atoms. The highest BCUT2D eigenvalue weighted by Crippen LogP contribution is 2.30. The fourth-order valence-corrected chi connectivity index (χ4v) is 1.61. The summed E-state index contributed by atoms with van der Waals surface area (Å²) in [6.45, 7) is 7.36. The molecule has 0 spiro atoms. The van der Waals surface area contributed by atoms with E-state index in [-0.39, 0.29) is 18.0 Å². The first-order valence-electron chi connectivity index (χ1n) is 4.53. The van der Waals surface area contributed by atoms with E-state index in [0.717, 1.165) is 12.0 Å². The maximum atomic E-state index is 12.6. The number of benzene rings is 1. The molecule has 2 nitrogen and oxygen atoms in total. The van der Waals surface area contributed by atoms with Gasteiger partial charge in [0.05, 0.1) is 12.5 Å². The second-order valence-electron chi connectivity index (χ2n) is 3.39. The summed E-state index contributed by atoms with van der Waals surface area (Å²) in [7, 11) is 0. The van der Waals surface area contributed by atoms with Gasteiger partial charge in [-0.2, -0.15) is 0 Å². The lowest BCUT2D eigenvalue weighted by Gasteiger charge is -2.07. The molecular formula is C11H10FNO. The largest absolute Gasteiger partial charge is 0.365 e. The monoisotopic (exact) mass is 191 g/mol. The minimum absolute atomic E-state index is 0.0327. The fourth-order valence-electron chi connectivity index (χ4n) is 1.61. The highest BCUT2D eigenvalue weighted by Gasteiger charge is 2.30. The minimum Gasteiger partial charge on any atom is -0.365 e. The van der Waals surface area contributed by atoms with E-state index in [9.17, 15) is 4.39 Å². The van der Waals surface area contributed by atoms with Crippen LogP contribution in [0.4, 0.5) is 4.39 Å². The van der Waals surface area contributed by atoms with Gasteiger partial charge in [0.15, 0.2) is 0 Å². The molecule has 0 unspecified atom stereocenters. The smallest absolute Gasteiger partial charge is 0.249 e. The third kappa shape index (κ3) is 1.75. The van der Waals surface area contributed by atoms with Crippen molar-refractivity contribution in [1.82, 2.24) is 0 Å². The molecule has 3 heteroatoms. The Labute approximate surface area is 82.1 Å². The Morgan fingerprint density at radius 1 is 1.36 bits per heavy atom. The van der Waals surface area contributed by atoms with E-state index in [4.69, 9.17) is 11.3 Å². The van der Waals surface area contributed by atoms with Crippen LogP contribution in [0.2, 0.25) is 0 Å². The Hall–Kier alpha value is -1.40. The maximum absolute atomic E-state index is 12.6. The highest BCUT2D eigenvalue weighted by atomic mass is 19.1. The van der Waals surface area contributed by atoms with Crippen LogP contribution < -0.4 is 0 Å². The molecule has 1 aromatic carbocycles. The van der Waals surface area contributed by atoms with Crippen LogP contribution in [-0.4, -0.2) is 12.6 Å². The molecule has 1 aromatic rings. The predicted molar refractivity (Wildman–Crippen MR) is 50.1 cm³/mol. The first-order chi connectivity index (χ1) is 6.79. The van der Waals surface area contributed by atoms with Crippen LogP contribution >= 0.6 is 0 Å². The third-order valence-corrected chi connectivity index (χ3v) is 2.40. The molecule has 72 valence electrons. The number of halogens is 1. The van der Waals surface area contributed by atoms with Gasteiger partial charge in [-0.05, 0) is 17.7 Å². The second-order valence-corrected chi connectivity index (χ2v) is 3.39. The zero-order chi connectivity index (χ0) is 9.97. The number of nitrogens with zero attached hydrogens (tertiary/aromatic N) is 1. The van der Waals surface area contributed by atoms with Crippen LogP contribution in [0, 0.1) is 12.4 Å². The quantitative estimate of drug-likeness (QED) is 0.622. The first-order valence-corrected chi connectivity index (χ1v) is 4.53. The van der Waals surface area contributed by atoms with Crippen LogP contribution in [0.15, 0.2) is 24.3 Å². The van der Waals surface area contributed by atoms with Gasteiger partial charge in [-0.3, -0.25) is 0 Å². The molecule has 0 radical (unpaired) electrons. The van der Waals surface area contributed by atoms with Gasteiger partial charge in [0.1, 0.15) is 12.4 Å². The van der Waals surface area contributed by atoms with Crippen molar-refractivity contribution in [2.45, 2.75) is 18.6 Å². The molecule has 1 fully saturated rings. The molecule has 1 aliphatic heterocycles. The van der Waals surface area contributed by atoms with Crippen molar-refractivity contribution in [3.8, 4) is 0 Å². The number of hydrogen-bond acceptors (Lipinski definition) is 1. The molecule has 0 aliphatic carbocycles. The van der Waals surface area contributed by atoms with E-state index >= 15 is 0 Å². The van der Waals surface area contributed by atoms with Crippen molar-refractivity contribution in [1.29, 1.82) is 0 Å². The van der Waals surface area contributed by atoms with Gasteiger partial charge in [0.2, 0.25) is 6.04 Å². The summed E-state index contributed by atoms with van der Waals surface area (Å²) in [6, 6.07) is 6.23. The molecule has 2 rings (SSSR count). The summed E-state index contributed by atoms with van der Waals surface area (Å²) in [5.41, 5.74) is 0.956. The summed E-state index contributed by atoms with van der Waals surface area (Å²) in [5.74, 6) is -0.242. The van der Waals surface area contributed by atoms with Crippen LogP contribution in [0.5, 0.6) is 0 Å². The Morgan fingerprint density at radius 3 is 2.64 bits per heavy atom. The van der Waals surface area contributed by atoms with E-state index < -0.39 is 0 Å². The Balaban J connectivity index is 2.10. The van der Waals surface area contributed by atoms with E-state index in [1.165, 1.54) is 12.1 Å². The SMILES string of the molecule is [C-]#[N+][C@@H]1CO[C@@H](c2ccc(F)cc2)C1. The molecule has 1 aliphatic rings. The van der Waals surface area contributed by atoms with Gasteiger partial charge >= 0.3 is 0 Å². The Bertz CT molecular complexity index is 355. The van der Waals surface area contributed by atoms with E-state index in [2.05, 4.69) is 4.85 Å². The summed E-state index contributed by atoms with van der Waals surface area (Å²) in [6.07, 6.45) is 0.685. The molecule has 0 saturated carbocycles. The number of ether oxygens (including phenoxy) is 1. The average molecular weight is 191 g/mol. The van der Waals surface area contributed by atoms with Crippen LogP contribution in [0.25, 0.3) is 4.85 Å². The van der Waals surface area contributed by atoms with Gasteiger partial charge in [-0.15, -0.1) is 0 Å². The lowest BCUT2D eigenvalue weighted by atomic mass is 10.1. The topological polar surface area (TPSA) is 13.6 Å². The molecule has 0 amide bonds. The minimum atomic E-state index is -0.242. The van der Waals surface area contributed by atoms with Crippen molar-refractivity contribution in [3.05, 3.63) is 47.1 Å². The zero-order valence-corrected chi connectivity index (χ0v) is 7.61. The summed E-state index contributed by atoms with van der Waals surface area (Å²) in [5, 5.41) is 0. The summed E-state index contributed by atoms with van der Waals surface area (Å²) in [4.78, 5) is 3.43. The van der Waals surface area contributed by atoms with Gasteiger partial charge < -0.3 is 9.58 Å². The predicted octanol–water partition coefficient (Wildman–Crippen LogP) is 2.57. The molecule has 0 aromatic heterocycles. The van der Waals surface area contributed by atoms with Crippen LogP contribution in [-0.2, 0) is 4.74 Å². The molecule has 2 atom stereocenters. The number of hydrogen-bond donors (Lipinski definition) is 0. The lowest BCUT2D eigenvalue weighted by molar-refractivity contribution is 0.111. The number of rotatable bonds is 1. The molecule has 14 heavy (non-hydrogen) atoms. The van der Waals surface area contributed by atoms with Crippen molar-refractivity contribution in [2.24, 2.45) is 0 Å². The van der Waals surface area contributed by atoms with E-state index in [0.29, 0.717) is 6.61 Å².